The molecule has 0 spiro atoms. The summed E-state index contributed by atoms with van der Waals surface area (Å²) in [5, 5.41) is 0. The SMILES string of the molecule is CC(=O)[C@H](C)Cc1ccc(C)cc1.CC(=O)[C@H](C)Cc1ccc(C)cc1.CCCCC[C@@H](C)C(C)=O. The van der Waals surface area contributed by atoms with Gasteiger partial charge in [0.25, 0.3) is 0 Å². The molecule has 2 aromatic rings. The minimum Gasteiger partial charge on any atom is -0.300 e. The average Bonchev–Trinajstić information content (AvgIpc) is 2.82. The molecule has 2 aromatic carbocycles. The Balaban J connectivity index is 0.000000517. The maximum absolute atomic E-state index is 11.0. The third-order valence-corrected chi connectivity index (χ3v) is 6.65. The molecule has 0 fully saturated rings. The Labute approximate surface area is 221 Å². The summed E-state index contributed by atoms with van der Waals surface area (Å²) in [5.41, 5.74) is 5.01. The van der Waals surface area contributed by atoms with E-state index in [1.807, 2.05) is 20.8 Å². The molecule has 0 aromatic heterocycles. The summed E-state index contributed by atoms with van der Waals surface area (Å²) in [5.74, 6) is 1.43. The highest BCUT2D eigenvalue weighted by Gasteiger charge is 2.08. The summed E-state index contributed by atoms with van der Waals surface area (Å²) >= 11 is 0. The molecule has 0 aliphatic carbocycles. The van der Waals surface area contributed by atoms with Crippen LogP contribution in [0, 0.1) is 31.6 Å². The first-order valence-electron chi connectivity index (χ1n) is 13.5. The van der Waals surface area contributed by atoms with Gasteiger partial charge in [-0.2, -0.15) is 0 Å². The van der Waals surface area contributed by atoms with E-state index in [-0.39, 0.29) is 29.3 Å². The fraction of sp³-hybridized carbons (Fsp3) is 0.545. The van der Waals surface area contributed by atoms with Gasteiger partial charge in [-0.15, -0.1) is 0 Å². The van der Waals surface area contributed by atoms with Crippen molar-refractivity contribution < 1.29 is 14.4 Å². The lowest BCUT2D eigenvalue weighted by molar-refractivity contribution is -0.121. The van der Waals surface area contributed by atoms with Crippen LogP contribution in [-0.4, -0.2) is 17.3 Å². The van der Waals surface area contributed by atoms with Gasteiger partial charge in [-0.3, -0.25) is 14.4 Å². The zero-order valence-corrected chi connectivity index (χ0v) is 24.3. The van der Waals surface area contributed by atoms with Crippen molar-refractivity contribution in [2.75, 3.05) is 0 Å². The normalized spacial score (nSPS) is 12.7. The van der Waals surface area contributed by atoms with Crippen LogP contribution in [-0.2, 0) is 27.2 Å². The number of rotatable bonds is 11. The van der Waals surface area contributed by atoms with Gasteiger partial charge in [-0.1, -0.05) is 107 Å². The van der Waals surface area contributed by atoms with Crippen LogP contribution < -0.4 is 0 Å². The van der Waals surface area contributed by atoms with E-state index in [4.69, 9.17) is 0 Å². The van der Waals surface area contributed by atoms with E-state index in [9.17, 15) is 14.4 Å². The summed E-state index contributed by atoms with van der Waals surface area (Å²) in [6.45, 7) is 17.3. The van der Waals surface area contributed by atoms with Crippen molar-refractivity contribution >= 4 is 17.3 Å². The Morgan fingerprint density at radius 2 is 0.917 bits per heavy atom. The van der Waals surface area contributed by atoms with Crippen LogP contribution in [0.1, 0.15) is 96.4 Å². The molecule has 0 radical (unpaired) electrons. The highest BCUT2D eigenvalue weighted by atomic mass is 16.1. The van der Waals surface area contributed by atoms with Gasteiger partial charge >= 0.3 is 0 Å². The summed E-state index contributed by atoms with van der Waals surface area (Å²) in [7, 11) is 0. The number of Topliss-reactive ketones (excluding diaryl/α,β-unsaturated/α-hetero) is 3. The molecule has 0 bridgehead atoms. The Morgan fingerprint density at radius 3 is 1.19 bits per heavy atom. The molecule has 2 rings (SSSR count). The van der Waals surface area contributed by atoms with E-state index in [2.05, 4.69) is 69.3 Å². The number of carbonyl (C=O) groups is 3. The molecule has 0 amide bonds. The molecule has 0 aliphatic rings. The summed E-state index contributed by atoms with van der Waals surface area (Å²) in [4.78, 5) is 32.8. The highest BCUT2D eigenvalue weighted by Crippen LogP contribution is 2.12. The third kappa shape index (κ3) is 16.2. The number of benzene rings is 2. The minimum atomic E-state index is 0.141. The van der Waals surface area contributed by atoms with Crippen LogP contribution in [0.5, 0.6) is 0 Å². The van der Waals surface area contributed by atoms with Gasteiger partial charge < -0.3 is 0 Å². The van der Waals surface area contributed by atoms with Crippen LogP contribution in [0.15, 0.2) is 48.5 Å². The molecule has 0 saturated carbocycles. The number of hydrogen-bond donors (Lipinski definition) is 0. The second-order valence-electron chi connectivity index (χ2n) is 10.4. The molecule has 0 saturated heterocycles. The van der Waals surface area contributed by atoms with Crippen LogP contribution in [0.25, 0.3) is 0 Å². The maximum Gasteiger partial charge on any atom is 0.132 e. The van der Waals surface area contributed by atoms with Gasteiger partial charge in [0.05, 0.1) is 0 Å². The second kappa shape index (κ2) is 18.7. The van der Waals surface area contributed by atoms with Gasteiger partial charge in [0.1, 0.15) is 17.3 Å². The Bertz CT molecular complexity index is 830. The molecule has 0 heterocycles. The Kier molecular flexibility index (Phi) is 17.4. The molecule has 3 atom stereocenters. The van der Waals surface area contributed by atoms with Gasteiger partial charge in [-0.25, -0.2) is 0 Å². The lowest BCUT2D eigenvalue weighted by Gasteiger charge is -2.07. The average molecular weight is 495 g/mol. The molecule has 3 heteroatoms. The molecular weight excluding hydrogens is 444 g/mol. The number of hydrogen-bond acceptors (Lipinski definition) is 3. The van der Waals surface area contributed by atoms with Crippen LogP contribution in [0.2, 0.25) is 0 Å². The van der Waals surface area contributed by atoms with Crippen LogP contribution in [0.4, 0.5) is 0 Å². The van der Waals surface area contributed by atoms with Crippen molar-refractivity contribution in [1.29, 1.82) is 0 Å². The van der Waals surface area contributed by atoms with Crippen molar-refractivity contribution in [3.8, 4) is 0 Å². The van der Waals surface area contributed by atoms with Gasteiger partial charge in [0, 0.05) is 17.8 Å². The lowest BCUT2D eigenvalue weighted by atomic mass is 9.97. The van der Waals surface area contributed by atoms with Crippen molar-refractivity contribution in [2.45, 2.75) is 101 Å². The van der Waals surface area contributed by atoms with Gasteiger partial charge in [0.2, 0.25) is 0 Å². The van der Waals surface area contributed by atoms with E-state index in [1.165, 1.54) is 41.5 Å². The third-order valence-electron chi connectivity index (χ3n) is 6.65. The first kappa shape index (κ1) is 33.4. The lowest BCUT2D eigenvalue weighted by Crippen LogP contribution is -2.09. The summed E-state index contributed by atoms with van der Waals surface area (Å²) in [6, 6.07) is 16.7. The largest absolute Gasteiger partial charge is 0.300 e. The Morgan fingerprint density at radius 1 is 0.583 bits per heavy atom. The van der Waals surface area contributed by atoms with Crippen molar-refractivity contribution in [1.82, 2.24) is 0 Å². The minimum absolute atomic E-state index is 0.141. The topological polar surface area (TPSA) is 51.2 Å². The molecule has 200 valence electrons. The summed E-state index contributed by atoms with van der Waals surface area (Å²) in [6.07, 6.45) is 6.49. The first-order valence-corrected chi connectivity index (χ1v) is 13.5. The van der Waals surface area contributed by atoms with E-state index in [0.29, 0.717) is 5.78 Å². The van der Waals surface area contributed by atoms with Gasteiger partial charge in [-0.05, 0) is 65.0 Å². The molecular formula is C33H50O3. The second-order valence-corrected chi connectivity index (χ2v) is 10.4. The molecule has 0 unspecified atom stereocenters. The van der Waals surface area contributed by atoms with E-state index < -0.39 is 0 Å². The molecule has 0 aliphatic heterocycles. The standard InChI is InChI=1S/2C12H16O.C9H18O/c2*1-9-4-6-12(7-5-9)8-10(2)11(3)13;1-4-5-6-7-8(2)9(3)10/h2*4-7,10H,8H2,1-3H3;8H,4-7H2,1-3H3/t2*10-;8-/m111/s1. The Hall–Kier alpha value is -2.55. The zero-order chi connectivity index (χ0) is 27.7. The number of ketones is 3. The summed E-state index contributed by atoms with van der Waals surface area (Å²) < 4.78 is 0. The highest BCUT2D eigenvalue weighted by molar-refractivity contribution is 5.78. The molecule has 0 N–H and O–H groups in total. The fourth-order valence-electron chi connectivity index (χ4n) is 3.35. The smallest absolute Gasteiger partial charge is 0.132 e. The number of aryl methyl sites for hydroxylation is 2. The van der Waals surface area contributed by atoms with E-state index in [1.54, 1.807) is 20.8 Å². The van der Waals surface area contributed by atoms with Crippen molar-refractivity contribution in [2.24, 2.45) is 17.8 Å². The monoisotopic (exact) mass is 494 g/mol. The van der Waals surface area contributed by atoms with E-state index in [0.717, 1.165) is 19.3 Å². The maximum atomic E-state index is 11.0. The quantitative estimate of drug-likeness (QED) is 0.295. The predicted molar refractivity (Wildman–Crippen MR) is 153 cm³/mol. The predicted octanol–water partition coefficient (Wildman–Crippen LogP) is 8.32. The van der Waals surface area contributed by atoms with Crippen molar-refractivity contribution in [3.63, 3.8) is 0 Å². The van der Waals surface area contributed by atoms with Gasteiger partial charge in [0.15, 0.2) is 0 Å². The first-order chi connectivity index (χ1) is 16.9. The van der Waals surface area contributed by atoms with E-state index >= 15 is 0 Å². The van der Waals surface area contributed by atoms with Crippen LogP contribution in [0.3, 0.4) is 0 Å². The number of unbranched alkanes of at least 4 members (excludes halogenated alkanes) is 2. The molecule has 36 heavy (non-hydrogen) atoms. The number of carbonyl (C=O) groups excluding carboxylic acids is 3. The molecule has 3 nitrogen and oxygen atoms in total. The fourth-order valence-corrected chi connectivity index (χ4v) is 3.35. The van der Waals surface area contributed by atoms with Crippen LogP contribution >= 0.6 is 0 Å². The van der Waals surface area contributed by atoms with Crippen molar-refractivity contribution in [3.05, 3.63) is 70.8 Å². The zero-order valence-electron chi connectivity index (χ0n) is 24.3.